The lowest BCUT2D eigenvalue weighted by atomic mass is 10.1. The molecule has 13 heavy (non-hydrogen) atoms. The van der Waals surface area contributed by atoms with Crippen LogP contribution in [0.2, 0.25) is 0 Å². The van der Waals surface area contributed by atoms with E-state index in [1.807, 2.05) is 0 Å². The molecule has 0 saturated heterocycles. The Labute approximate surface area is 74.3 Å². The minimum Gasteiger partial charge on any atom is -0.366 e. The van der Waals surface area contributed by atoms with E-state index in [1.54, 1.807) is 12.1 Å². The largest absolute Gasteiger partial charge is 0.366 e. The molecular formula is C8H8N2O3. The van der Waals surface area contributed by atoms with Crippen LogP contribution in [-0.2, 0) is 6.54 Å². The van der Waals surface area contributed by atoms with Gasteiger partial charge in [-0.2, -0.15) is 0 Å². The zero-order valence-corrected chi connectivity index (χ0v) is 6.77. The molecule has 0 aliphatic heterocycles. The summed E-state index contributed by atoms with van der Waals surface area (Å²) in [4.78, 5) is 20.5. The lowest BCUT2D eigenvalue weighted by Gasteiger charge is -2.00. The van der Waals surface area contributed by atoms with Gasteiger partial charge in [-0.05, 0) is 6.07 Å². The Hall–Kier alpha value is -1.91. The number of carbonyl (C=O) groups is 1. The highest BCUT2D eigenvalue weighted by Gasteiger charge is 2.10. The topological polar surface area (TPSA) is 86.2 Å². The van der Waals surface area contributed by atoms with Crippen molar-refractivity contribution in [2.45, 2.75) is 6.54 Å². The van der Waals surface area contributed by atoms with Crippen molar-refractivity contribution in [1.29, 1.82) is 0 Å². The van der Waals surface area contributed by atoms with Gasteiger partial charge < -0.3 is 5.73 Å². The van der Waals surface area contributed by atoms with Crippen LogP contribution in [0.5, 0.6) is 0 Å². The fraction of sp³-hybridized carbons (Fsp3) is 0.125. The number of benzene rings is 1. The molecule has 1 amide bonds. The van der Waals surface area contributed by atoms with Crippen LogP contribution in [0, 0.1) is 10.1 Å². The summed E-state index contributed by atoms with van der Waals surface area (Å²) >= 11 is 0. The van der Waals surface area contributed by atoms with E-state index in [0.29, 0.717) is 5.56 Å². The molecule has 2 N–H and O–H groups in total. The van der Waals surface area contributed by atoms with Crippen molar-refractivity contribution in [1.82, 2.24) is 0 Å². The van der Waals surface area contributed by atoms with Crippen molar-refractivity contribution in [3.63, 3.8) is 0 Å². The standard InChI is InChI=1S/C8H8N2O3/c9-8(11)7-4-2-1-3-6(7)5-10(12)13/h1-4H,5H2,(H2,9,11). The Morgan fingerprint density at radius 3 is 2.62 bits per heavy atom. The van der Waals surface area contributed by atoms with Crippen molar-refractivity contribution in [3.8, 4) is 0 Å². The quantitative estimate of drug-likeness (QED) is 0.544. The Morgan fingerprint density at radius 1 is 1.46 bits per heavy atom. The molecule has 0 heterocycles. The number of carbonyl (C=O) groups excluding carboxylic acids is 1. The molecular weight excluding hydrogens is 172 g/mol. The van der Waals surface area contributed by atoms with Gasteiger partial charge in [-0.3, -0.25) is 14.9 Å². The number of nitrogens with zero attached hydrogens (tertiary/aromatic N) is 1. The zero-order valence-electron chi connectivity index (χ0n) is 6.77. The molecule has 0 unspecified atom stereocenters. The third kappa shape index (κ3) is 2.26. The lowest BCUT2D eigenvalue weighted by Crippen LogP contribution is -2.15. The number of primary amides is 1. The first kappa shape index (κ1) is 9.18. The van der Waals surface area contributed by atoms with Gasteiger partial charge in [-0.1, -0.05) is 18.2 Å². The molecule has 0 aromatic heterocycles. The van der Waals surface area contributed by atoms with Gasteiger partial charge in [0.15, 0.2) is 0 Å². The predicted molar refractivity (Wildman–Crippen MR) is 45.7 cm³/mol. The molecule has 0 saturated carbocycles. The van der Waals surface area contributed by atoms with E-state index in [2.05, 4.69) is 0 Å². The Balaban J connectivity index is 3.04. The van der Waals surface area contributed by atoms with Gasteiger partial charge in [0.05, 0.1) is 0 Å². The fourth-order valence-electron chi connectivity index (χ4n) is 1.04. The predicted octanol–water partition coefficient (Wildman–Crippen LogP) is 0.562. The summed E-state index contributed by atoms with van der Waals surface area (Å²) in [6.07, 6.45) is 0. The average molecular weight is 180 g/mol. The number of amides is 1. The van der Waals surface area contributed by atoms with Gasteiger partial charge in [0.25, 0.3) is 0 Å². The van der Waals surface area contributed by atoms with Crippen molar-refractivity contribution in [3.05, 3.63) is 45.5 Å². The van der Waals surface area contributed by atoms with Gasteiger partial charge in [-0.25, -0.2) is 0 Å². The van der Waals surface area contributed by atoms with E-state index in [-0.39, 0.29) is 12.1 Å². The summed E-state index contributed by atoms with van der Waals surface area (Å²) in [5.41, 5.74) is 5.58. The Morgan fingerprint density at radius 2 is 2.08 bits per heavy atom. The van der Waals surface area contributed by atoms with Crippen LogP contribution in [0.4, 0.5) is 0 Å². The van der Waals surface area contributed by atoms with Crippen molar-refractivity contribution >= 4 is 5.91 Å². The van der Waals surface area contributed by atoms with Gasteiger partial charge in [0.2, 0.25) is 12.5 Å². The molecule has 0 radical (unpaired) electrons. The molecule has 1 aromatic carbocycles. The van der Waals surface area contributed by atoms with E-state index in [0.717, 1.165) is 0 Å². The summed E-state index contributed by atoms with van der Waals surface area (Å²) in [7, 11) is 0. The van der Waals surface area contributed by atoms with Crippen LogP contribution in [-0.4, -0.2) is 10.8 Å². The molecule has 5 nitrogen and oxygen atoms in total. The molecule has 1 rings (SSSR count). The highest BCUT2D eigenvalue weighted by atomic mass is 16.6. The minimum absolute atomic E-state index is 0.208. The van der Waals surface area contributed by atoms with E-state index in [4.69, 9.17) is 5.73 Å². The molecule has 0 spiro atoms. The zero-order chi connectivity index (χ0) is 9.84. The van der Waals surface area contributed by atoms with Crippen LogP contribution < -0.4 is 5.73 Å². The molecule has 68 valence electrons. The van der Waals surface area contributed by atoms with E-state index in [1.165, 1.54) is 12.1 Å². The monoisotopic (exact) mass is 180 g/mol. The van der Waals surface area contributed by atoms with Crippen LogP contribution in [0.1, 0.15) is 15.9 Å². The maximum Gasteiger partial charge on any atom is 0.249 e. The second kappa shape index (κ2) is 3.66. The van der Waals surface area contributed by atoms with E-state index < -0.39 is 10.8 Å². The lowest BCUT2D eigenvalue weighted by molar-refractivity contribution is -0.496. The summed E-state index contributed by atoms with van der Waals surface area (Å²) in [6.45, 7) is -0.376. The molecule has 0 atom stereocenters. The second-order valence-corrected chi connectivity index (χ2v) is 2.51. The summed E-state index contributed by atoms with van der Waals surface area (Å²) in [5.74, 6) is -0.641. The van der Waals surface area contributed by atoms with Crippen molar-refractivity contribution in [2.75, 3.05) is 0 Å². The van der Waals surface area contributed by atoms with Crippen LogP contribution in [0.25, 0.3) is 0 Å². The Kier molecular flexibility index (Phi) is 2.59. The van der Waals surface area contributed by atoms with Crippen molar-refractivity contribution < 1.29 is 9.72 Å². The molecule has 0 fully saturated rings. The van der Waals surface area contributed by atoms with E-state index in [9.17, 15) is 14.9 Å². The Bertz CT molecular complexity index is 349. The van der Waals surface area contributed by atoms with E-state index >= 15 is 0 Å². The van der Waals surface area contributed by atoms with Gasteiger partial charge >= 0.3 is 0 Å². The number of hydrogen-bond acceptors (Lipinski definition) is 3. The normalized spacial score (nSPS) is 9.54. The highest BCUT2D eigenvalue weighted by Crippen LogP contribution is 2.08. The molecule has 0 aliphatic carbocycles. The number of nitrogens with two attached hydrogens (primary N) is 1. The summed E-state index contributed by atoms with van der Waals surface area (Å²) in [5, 5.41) is 10.2. The number of hydrogen-bond donors (Lipinski definition) is 1. The molecule has 5 heteroatoms. The molecule has 0 aliphatic rings. The first-order chi connectivity index (χ1) is 6.11. The SMILES string of the molecule is NC(=O)c1ccccc1C[N+](=O)[O-]. The first-order valence-corrected chi connectivity index (χ1v) is 3.61. The minimum atomic E-state index is -0.641. The third-order valence-electron chi connectivity index (χ3n) is 1.58. The molecule has 1 aromatic rings. The number of rotatable bonds is 3. The maximum absolute atomic E-state index is 10.8. The van der Waals surface area contributed by atoms with Crippen LogP contribution >= 0.6 is 0 Å². The third-order valence-corrected chi connectivity index (χ3v) is 1.58. The van der Waals surface area contributed by atoms with Gasteiger partial charge in [0, 0.05) is 16.1 Å². The average Bonchev–Trinajstić information content (AvgIpc) is 2.03. The summed E-state index contributed by atoms with van der Waals surface area (Å²) < 4.78 is 0. The smallest absolute Gasteiger partial charge is 0.249 e. The second-order valence-electron chi connectivity index (χ2n) is 2.51. The maximum atomic E-state index is 10.8. The van der Waals surface area contributed by atoms with Crippen LogP contribution in [0.3, 0.4) is 0 Å². The van der Waals surface area contributed by atoms with Gasteiger partial charge in [-0.15, -0.1) is 0 Å². The van der Waals surface area contributed by atoms with Gasteiger partial charge in [0.1, 0.15) is 0 Å². The van der Waals surface area contributed by atoms with Crippen LogP contribution in [0.15, 0.2) is 24.3 Å². The first-order valence-electron chi connectivity index (χ1n) is 3.61. The number of nitro groups is 1. The van der Waals surface area contributed by atoms with Crippen molar-refractivity contribution in [2.24, 2.45) is 5.73 Å². The molecule has 0 bridgehead atoms. The highest BCUT2D eigenvalue weighted by molar-refractivity contribution is 5.94. The fourth-order valence-corrected chi connectivity index (χ4v) is 1.04. The summed E-state index contributed by atoms with van der Waals surface area (Å²) in [6, 6.07) is 6.23.